The van der Waals surface area contributed by atoms with Gasteiger partial charge in [0.25, 0.3) is 0 Å². The lowest BCUT2D eigenvalue weighted by Gasteiger charge is -2.15. The molecule has 1 aromatic carbocycles. The van der Waals surface area contributed by atoms with Gasteiger partial charge >= 0.3 is 0 Å². The number of hydrogen-bond acceptors (Lipinski definition) is 3. The Morgan fingerprint density at radius 2 is 1.79 bits per heavy atom. The second kappa shape index (κ2) is 4.81. The fourth-order valence-electron chi connectivity index (χ4n) is 1.29. The van der Waals surface area contributed by atoms with Crippen molar-refractivity contribution in [3.8, 4) is 11.5 Å². The van der Waals surface area contributed by atoms with Gasteiger partial charge in [0.1, 0.15) is 24.3 Å². The van der Waals surface area contributed by atoms with E-state index in [4.69, 9.17) is 9.47 Å². The number of benzene rings is 1. The normalized spacial score (nSPS) is 12.3. The van der Waals surface area contributed by atoms with Crippen molar-refractivity contribution in [2.45, 2.75) is 6.10 Å². The van der Waals surface area contributed by atoms with Crippen molar-refractivity contribution in [3.05, 3.63) is 23.8 Å². The monoisotopic (exact) mass is 200 g/mol. The molecular formula is C10H13FO3. The lowest BCUT2D eigenvalue weighted by Crippen LogP contribution is -2.04. The molecule has 0 radical (unpaired) electrons. The van der Waals surface area contributed by atoms with Crippen LogP contribution in [0.15, 0.2) is 18.2 Å². The molecule has 0 bridgehead atoms. The van der Waals surface area contributed by atoms with Gasteiger partial charge in [-0.25, -0.2) is 4.39 Å². The van der Waals surface area contributed by atoms with Gasteiger partial charge in [-0.2, -0.15) is 0 Å². The number of hydrogen-bond donors (Lipinski definition) is 1. The van der Waals surface area contributed by atoms with E-state index in [1.54, 1.807) is 18.2 Å². The van der Waals surface area contributed by atoms with Crippen LogP contribution in [0.25, 0.3) is 0 Å². The molecule has 0 aliphatic carbocycles. The Kier molecular flexibility index (Phi) is 3.71. The third-order valence-electron chi connectivity index (χ3n) is 1.95. The molecule has 0 amide bonds. The van der Waals surface area contributed by atoms with Crippen LogP contribution in [0.3, 0.4) is 0 Å². The van der Waals surface area contributed by atoms with Crippen LogP contribution < -0.4 is 9.47 Å². The van der Waals surface area contributed by atoms with Crippen LogP contribution in [0, 0.1) is 0 Å². The van der Waals surface area contributed by atoms with Gasteiger partial charge < -0.3 is 14.6 Å². The molecule has 1 unspecified atom stereocenters. The molecule has 0 aliphatic heterocycles. The molecule has 0 aliphatic rings. The maximum absolute atomic E-state index is 12.3. The molecule has 14 heavy (non-hydrogen) atoms. The predicted molar refractivity (Wildman–Crippen MR) is 50.5 cm³/mol. The third kappa shape index (κ3) is 1.96. The molecule has 0 saturated carbocycles. The second-order valence-corrected chi connectivity index (χ2v) is 2.75. The van der Waals surface area contributed by atoms with Crippen LogP contribution in [0.1, 0.15) is 11.7 Å². The van der Waals surface area contributed by atoms with Crippen molar-refractivity contribution in [1.29, 1.82) is 0 Å². The Bertz CT molecular complexity index is 279. The summed E-state index contributed by atoms with van der Waals surface area (Å²) in [5.41, 5.74) is 0.347. The summed E-state index contributed by atoms with van der Waals surface area (Å²) < 4.78 is 22.4. The summed E-state index contributed by atoms with van der Waals surface area (Å²) in [4.78, 5) is 0. The van der Waals surface area contributed by atoms with Gasteiger partial charge in [-0.3, -0.25) is 0 Å². The zero-order valence-corrected chi connectivity index (χ0v) is 8.16. The van der Waals surface area contributed by atoms with Crippen molar-refractivity contribution >= 4 is 0 Å². The Balaban J connectivity index is 3.18. The molecule has 1 atom stereocenters. The highest BCUT2D eigenvalue weighted by atomic mass is 19.1. The topological polar surface area (TPSA) is 38.7 Å². The van der Waals surface area contributed by atoms with E-state index in [0.717, 1.165) is 0 Å². The van der Waals surface area contributed by atoms with Crippen LogP contribution >= 0.6 is 0 Å². The highest BCUT2D eigenvalue weighted by molar-refractivity contribution is 5.46. The first-order chi connectivity index (χ1) is 6.74. The molecule has 78 valence electrons. The quantitative estimate of drug-likeness (QED) is 0.804. The summed E-state index contributed by atoms with van der Waals surface area (Å²) in [5.74, 6) is 0.851. The minimum atomic E-state index is -1.21. The average Bonchev–Trinajstić information content (AvgIpc) is 2.26. The summed E-state index contributed by atoms with van der Waals surface area (Å²) in [7, 11) is 2.92. The van der Waals surface area contributed by atoms with Crippen LogP contribution in [0.4, 0.5) is 4.39 Å². The van der Waals surface area contributed by atoms with E-state index in [0.29, 0.717) is 17.1 Å². The van der Waals surface area contributed by atoms with Crippen LogP contribution in [0.5, 0.6) is 11.5 Å². The first kappa shape index (κ1) is 10.8. The SMILES string of the molecule is COc1cccc(OC)c1C(O)CF. The largest absolute Gasteiger partial charge is 0.496 e. The van der Waals surface area contributed by atoms with E-state index in [-0.39, 0.29) is 0 Å². The van der Waals surface area contributed by atoms with Crippen molar-refractivity contribution in [1.82, 2.24) is 0 Å². The van der Waals surface area contributed by atoms with Crippen LogP contribution in [-0.2, 0) is 0 Å². The number of aliphatic hydroxyl groups is 1. The van der Waals surface area contributed by atoms with Crippen molar-refractivity contribution < 1.29 is 19.0 Å². The fraction of sp³-hybridized carbons (Fsp3) is 0.400. The van der Waals surface area contributed by atoms with E-state index < -0.39 is 12.8 Å². The number of alkyl halides is 1. The van der Waals surface area contributed by atoms with Crippen LogP contribution in [-0.4, -0.2) is 26.0 Å². The number of halogens is 1. The maximum atomic E-state index is 12.3. The van der Waals surface area contributed by atoms with E-state index in [2.05, 4.69) is 0 Å². The summed E-state index contributed by atoms with van der Waals surface area (Å²) in [5, 5.41) is 9.42. The first-order valence-electron chi connectivity index (χ1n) is 4.19. The zero-order valence-electron chi connectivity index (χ0n) is 8.16. The number of aliphatic hydroxyl groups excluding tert-OH is 1. The minimum Gasteiger partial charge on any atom is -0.496 e. The van der Waals surface area contributed by atoms with E-state index in [1.165, 1.54) is 14.2 Å². The van der Waals surface area contributed by atoms with E-state index in [1.807, 2.05) is 0 Å². The predicted octanol–water partition coefficient (Wildman–Crippen LogP) is 1.71. The Hall–Kier alpha value is -1.29. The fourth-order valence-corrected chi connectivity index (χ4v) is 1.29. The molecule has 0 fully saturated rings. The molecular weight excluding hydrogens is 187 g/mol. The second-order valence-electron chi connectivity index (χ2n) is 2.75. The summed E-state index contributed by atoms with van der Waals surface area (Å²) in [6.07, 6.45) is -1.21. The number of ether oxygens (including phenoxy) is 2. The number of methoxy groups -OCH3 is 2. The van der Waals surface area contributed by atoms with Gasteiger partial charge in [0.05, 0.1) is 19.8 Å². The number of rotatable bonds is 4. The first-order valence-corrected chi connectivity index (χ1v) is 4.19. The smallest absolute Gasteiger partial charge is 0.128 e. The molecule has 3 nitrogen and oxygen atoms in total. The Labute approximate surface area is 82.1 Å². The summed E-state index contributed by atoms with van der Waals surface area (Å²) in [6.45, 7) is -0.864. The van der Waals surface area contributed by atoms with Gasteiger partial charge in [-0.05, 0) is 12.1 Å². The van der Waals surface area contributed by atoms with E-state index in [9.17, 15) is 9.50 Å². The highest BCUT2D eigenvalue weighted by Crippen LogP contribution is 2.33. The molecule has 4 heteroatoms. The molecule has 0 saturated heterocycles. The minimum absolute atomic E-state index is 0.347. The Morgan fingerprint density at radius 3 is 2.14 bits per heavy atom. The standard InChI is InChI=1S/C10H13FO3/c1-13-8-4-3-5-9(14-2)10(8)7(12)6-11/h3-5,7,12H,6H2,1-2H3. The van der Waals surface area contributed by atoms with Crippen molar-refractivity contribution in [2.24, 2.45) is 0 Å². The molecule has 0 aromatic heterocycles. The van der Waals surface area contributed by atoms with E-state index >= 15 is 0 Å². The van der Waals surface area contributed by atoms with Gasteiger partial charge in [-0.1, -0.05) is 6.07 Å². The van der Waals surface area contributed by atoms with Crippen molar-refractivity contribution in [3.63, 3.8) is 0 Å². The average molecular weight is 200 g/mol. The Morgan fingerprint density at radius 1 is 1.29 bits per heavy atom. The lowest BCUT2D eigenvalue weighted by atomic mass is 10.1. The molecule has 0 spiro atoms. The van der Waals surface area contributed by atoms with Crippen LogP contribution in [0.2, 0.25) is 0 Å². The summed E-state index contributed by atoms with van der Waals surface area (Å²) >= 11 is 0. The van der Waals surface area contributed by atoms with Gasteiger partial charge in [0.15, 0.2) is 0 Å². The maximum Gasteiger partial charge on any atom is 0.128 e. The third-order valence-corrected chi connectivity index (χ3v) is 1.95. The van der Waals surface area contributed by atoms with Gasteiger partial charge in [0.2, 0.25) is 0 Å². The molecule has 1 N–H and O–H groups in total. The molecule has 1 aromatic rings. The summed E-state index contributed by atoms with van der Waals surface area (Å²) in [6, 6.07) is 5.01. The van der Waals surface area contributed by atoms with Gasteiger partial charge in [0, 0.05) is 0 Å². The zero-order chi connectivity index (χ0) is 10.6. The lowest BCUT2D eigenvalue weighted by molar-refractivity contribution is 0.135. The highest BCUT2D eigenvalue weighted by Gasteiger charge is 2.17. The molecule has 1 rings (SSSR count). The van der Waals surface area contributed by atoms with Crippen molar-refractivity contribution in [2.75, 3.05) is 20.9 Å². The van der Waals surface area contributed by atoms with Gasteiger partial charge in [-0.15, -0.1) is 0 Å². The molecule has 0 heterocycles.